The zero-order valence-electron chi connectivity index (χ0n) is 17.0. The predicted octanol–water partition coefficient (Wildman–Crippen LogP) is 4.21. The molecule has 0 radical (unpaired) electrons. The summed E-state index contributed by atoms with van der Waals surface area (Å²) in [6.45, 7) is 4.11. The van der Waals surface area contributed by atoms with Gasteiger partial charge in [0.25, 0.3) is 0 Å². The highest BCUT2D eigenvalue weighted by Gasteiger charge is 2.28. The number of hydrogen-bond donors (Lipinski definition) is 2. The van der Waals surface area contributed by atoms with E-state index in [0.717, 1.165) is 22.4 Å². The zero-order valence-corrected chi connectivity index (χ0v) is 19.4. The molecule has 2 rings (SSSR count). The number of guanidine groups is 1. The van der Waals surface area contributed by atoms with Gasteiger partial charge in [-0.3, -0.25) is 0 Å². The summed E-state index contributed by atoms with van der Waals surface area (Å²) in [5.74, 6) is 1.33. The molecule has 6 nitrogen and oxygen atoms in total. The van der Waals surface area contributed by atoms with Crippen molar-refractivity contribution < 1.29 is 22.6 Å². The van der Waals surface area contributed by atoms with Crippen molar-refractivity contribution in [1.82, 2.24) is 15.6 Å². The fraction of sp³-hybridized carbons (Fsp3) is 0.400. The second kappa shape index (κ2) is 12.5. The quantitative estimate of drug-likeness (QED) is 0.300. The molecule has 0 aliphatic rings. The van der Waals surface area contributed by atoms with Crippen LogP contribution in [0.1, 0.15) is 23.6 Å². The van der Waals surface area contributed by atoms with Crippen molar-refractivity contribution in [2.45, 2.75) is 33.1 Å². The molecule has 30 heavy (non-hydrogen) atoms. The van der Waals surface area contributed by atoms with Crippen molar-refractivity contribution in [3.05, 3.63) is 53.2 Å². The van der Waals surface area contributed by atoms with Gasteiger partial charge in [-0.05, 0) is 31.0 Å². The Morgan fingerprint density at radius 2 is 1.93 bits per heavy atom. The van der Waals surface area contributed by atoms with Crippen LogP contribution in [-0.2, 0) is 13.1 Å². The number of halogens is 4. The van der Waals surface area contributed by atoms with Crippen LogP contribution in [0.15, 0.2) is 41.5 Å². The van der Waals surface area contributed by atoms with Gasteiger partial charge in [-0.1, -0.05) is 18.2 Å². The number of rotatable bonds is 8. The molecule has 1 aromatic carbocycles. The minimum atomic E-state index is -4.39. The SMILES string of the molecule is CCNC(=NCc1ccc(OCC(F)(F)F)nc1)NCc1ccc(C)cc1OC.I. The van der Waals surface area contributed by atoms with Crippen molar-refractivity contribution >= 4 is 29.9 Å². The van der Waals surface area contributed by atoms with Crippen LogP contribution in [0.5, 0.6) is 11.6 Å². The lowest BCUT2D eigenvalue weighted by Gasteiger charge is -2.14. The van der Waals surface area contributed by atoms with E-state index >= 15 is 0 Å². The van der Waals surface area contributed by atoms with Crippen LogP contribution in [0.4, 0.5) is 13.2 Å². The maximum atomic E-state index is 12.2. The standard InChI is InChI=1S/C20H25F3N4O2.HI/c1-4-24-19(27-12-16-7-5-14(2)9-17(16)28-3)26-11-15-6-8-18(25-10-15)29-13-20(21,22)23;/h5-10H,4,11-13H2,1-3H3,(H2,24,26,27);1H. The van der Waals surface area contributed by atoms with Gasteiger partial charge >= 0.3 is 6.18 Å². The highest BCUT2D eigenvalue weighted by atomic mass is 127. The van der Waals surface area contributed by atoms with Gasteiger partial charge in [0.05, 0.1) is 13.7 Å². The van der Waals surface area contributed by atoms with E-state index in [1.807, 2.05) is 32.0 Å². The molecule has 0 aliphatic carbocycles. The van der Waals surface area contributed by atoms with Gasteiger partial charge in [-0.25, -0.2) is 9.98 Å². The normalized spacial score (nSPS) is 11.5. The van der Waals surface area contributed by atoms with Crippen molar-refractivity contribution in [3.8, 4) is 11.6 Å². The van der Waals surface area contributed by atoms with Gasteiger partial charge in [0.1, 0.15) is 5.75 Å². The number of nitrogens with one attached hydrogen (secondary N) is 2. The van der Waals surface area contributed by atoms with Crippen LogP contribution >= 0.6 is 24.0 Å². The molecule has 0 unspecified atom stereocenters. The van der Waals surface area contributed by atoms with Gasteiger partial charge < -0.3 is 20.1 Å². The maximum Gasteiger partial charge on any atom is 0.422 e. The second-order valence-electron chi connectivity index (χ2n) is 6.27. The predicted molar refractivity (Wildman–Crippen MR) is 121 cm³/mol. The summed E-state index contributed by atoms with van der Waals surface area (Å²) in [7, 11) is 1.63. The van der Waals surface area contributed by atoms with E-state index in [1.54, 1.807) is 13.2 Å². The van der Waals surface area contributed by atoms with Crippen molar-refractivity contribution in [2.75, 3.05) is 20.3 Å². The average molecular weight is 538 g/mol. The van der Waals surface area contributed by atoms with Crippen LogP contribution < -0.4 is 20.1 Å². The zero-order chi connectivity index (χ0) is 21.3. The molecule has 0 bridgehead atoms. The third-order valence-electron chi connectivity index (χ3n) is 3.83. The number of aryl methyl sites for hydroxylation is 1. The fourth-order valence-electron chi connectivity index (χ4n) is 2.43. The molecule has 0 atom stereocenters. The van der Waals surface area contributed by atoms with Crippen LogP contribution in [0.25, 0.3) is 0 Å². The first kappa shape index (κ1) is 25.8. The van der Waals surface area contributed by atoms with Gasteiger partial charge in [0.15, 0.2) is 12.6 Å². The highest BCUT2D eigenvalue weighted by molar-refractivity contribution is 14.0. The maximum absolute atomic E-state index is 12.2. The molecule has 166 valence electrons. The first-order valence-corrected chi connectivity index (χ1v) is 9.11. The van der Waals surface area contributed by atoms with E-state index in [1.165, 1.54) is 12.3 Å². The van der Waals surface area contributed by atoms with Crippen molar-refractivity contribution in [3.63, 3.8) is 0 Å². The Hall–Kier alpha value is -2.24. The van der Waals surface area contributed by atoms with Gasteiger partial charge in [-0.2, -0.15) is 13.2 Å². The van der Waals surface area contributed by atoms with Crippen LogP contribution in [-0.4, -0.2) is 37.4 Å². The Morgan fingerprint density at radius 1 is 1.17 bits per heavy atom. The minimum absolute atomic E-state index is 0. The molecule has 1 heterocycles. The fourth-order valence-corrected chi connectivity index (χ4v) is 2.43. The Balaban J connectivity index is 0.00000450. The molecule has 0 fully saturated rings. The number of benzene rings is 1. The van der Waals surface area contributed by atoms with E-state index in [-0.39, 0.29) is 29.9 Å². The number of aliphatic imine (C=N–C) groups is 1. The molecule has 0 saturated carbocycles. The number of pyridine rings is 1. The molecule has 0 amide bonds. The van der Waals surface area contributed by atoms with Gasteiger partial charge in [0, 0.05) is 30.9 Å². The molecular formula is C20H26F3IN4O2. The van der Waals surface area contributed by atoms with Crippen LogP contribution in [0.2, 0.25) is 0 Å². The number of methoxy groups -OCH3 is 1. The number of hydrogen-bond acceptors (Lipinski definition) is 4. The van der Waals surface area contributed by atoms with E-state index in [0.29, 0.717) is 25.6 Å². The van der Waals surface area contributed by atoms with E-state index in [2.05, 4.69) is 25.3 Å². The highest BCUT2D eigenvalue weighted by Crippen LogP contribution is 2.20. The number of alkyl halides is 3. The molecular weight excluding hydrogens is 512 g/mol. The molecule has 0 spiro atoms. The molecule has 2 aromatic rings. The summed E-state index contributed by atoms with van der Waals surface area (Å²) in [5, 5.41) is 6.39. The Bertz CT molecular complexity index is 815. The molecule has 10 heteroatoms. The molecule has 0 aliphatic heterocycles. The Morgan fingerprint density at radius 3 is 2.53 bits per heavy atom. The monoisotopic (exact) mass is 538 g/mol. The Kier molecular flexibility index (Phi) is 10.7. The minimum Gasteiger partial charge on any atom is -0.496 e. The summed E-state index contributed by atoms with van der Waals surface area (Å²) in [4.78, 5) is 8.36. The van der Waals surface area contributed by atoms with Crippen molar-refractivity contribution in [2.24, 2.45) is 4.99 Å². The summed E-state index contributed by atoms with van der Waals surface area (Å²) in [6, 6.07) is 9.00. The Labute approximate surface area is 191 Å². The lowest BCUT2D eigenvalue weighted by molar-refractivity contribution is -0.154. The molecule has 1 aromatic heterocycles. The van der Waals surface area contributed by atoms with Crippen LogP contribution in [0.3, 0.4) is 0 Å². The number of aromatic nitrogens is 1. The number of ether oxygens (including phenoxy) is 2. The first-order valence-electron chi connectivity index (χ1n) is 9.11. The summed E-state index contributed by atoms with van der Waals surface area (Å²) in [5.41, 5.74) is 2.85. The molecule has 0 saturated heterocycles. The average Bonchev–Trinajstić information content (AvgIpc) is 2.69. The van der Waals surface area contributed by atoms with E-state index in [4.69, 9.17) is 4.74 Å². The van der Waals surface area contributed by atoms with E-state index < -0.39 is 12.8 Å². The summed E-state index contributed by atoms with van der Waals surface area (Å²) < 4.78 is 46.5. The lowest BCUT2D eigenvalue weighted by atomic mass is 10.1. The number of nitrogens with zero attached hydrogens (tertiary/aromatic N) is 2. The van der Waals surface area contributed by atoms with Gasteiger partial charge in [0.2, 0.25) is 5.88 Å². The summed E-state index contributed by atoms with van der Waals surface area (Å²) in [6.07, 6.45) is -2.95. The third kappa shape index (κ3) is 9.06. The molecule has 2 N–H and O–H groups in total. The topological polar surface area (TPSA) is 67.8 Å². The summed E-state index contributed by atoms with van der Waals surface area (Å²) >= 11 is 0. The lowest BCUT2D eigenvalue weighted by Crippen LogP contribution is -2.36. The second-order valence-corrected chi connectivity index (χ2v) is 6.27. The smallest absolute Gasteiger partial charge is 0.422 e. The van der Waals surface area contributed by atoms with Crippen molar-refractivity contribution in [1.29, 1.82) is 0 Å². The van der Waals surface area contributed by atoms with Crippen LogP contribution in [0, 0.1) is 6.92 Å². The largest absolute Gasteiger partial charge is 0.496 e. The first-order chi connectivity index (χ1) is 13.8. The van der Waals surface area contributed by atoms with Gasteiger partial charge in [-0.15, -0.1) is 24.0 Å². The third-order valence-corrected chi connectivity index (χ3v) is 3.83. The van der Waals surface area contributed by atoms with E-state index in [9.17, 15) is 13.2 Å².